The van der Waals surface area contributed by atoms with Crippen LogP contribution >= 0.6 is 0 Å². The molecule has 0 unspecified atom stereocenters. The number of nitrogens with one attached hydrogen (secondary N) is 2. The smallest absolute Gasteiger partial charge is 0.412 e. The summed E-state index contributed by atoms with van der Waals surface area (Å²) >= 11 is 0. The zero-order valence-corrected chi connectivity index (χ0v) is 20.0. The summed E-state index contributed by atoms with van der Waals surface area (Å²) in [4.78, 5) is 34.4. The predicted octanol–water partition coefficient (Wildman–Crippen LogP) is 4.88. The fraction of sp³-hybridized carbons (Fsp3) is 0.259. The van der Waals surface area contributed by atoms with Crippen molar-refractivity contribution in [1.29, 1.82) is 0 Å². The molecule has 0 bridgehead atoms. The second-order valence-corrected chi connectivity index (χ2v) is 8.53. The Balaban J connectivity index is 1.51. The molecule has 0 saturated carbocycles. The number of hydrogen-bond acceptors (Lipinski definition) is 5. The van der Waals surface area contributed by atoms with Crippen molar-refractivity contribution in [1.82, 2.24) is 15.3 Å². The van der Waals surface area contributed by atoms with Crippen LogP contribution in [-0.4, -0.2) is 40.7 Å². The van der Waals surface area contributed by atoms with E-state index in [0.717, 1.165) is 41.0 Å². The van der Waals surface area contributed by atoms with E-state index in [0.29, 0.717) is 29.9 Å². The predicted molar refractivity (Wildman–Crippen MR) is 136 cm³/mol. The van der Waals surface area contributed by atoms with Gasteiger partial charge in [-0.1, -0.05) is 24.3 Å². The van der Waals surface area contributed by atoms with Crippen LogP contribution in [0.15, 0.2) is 60.8 Å². The first kappa shape index (κ1) is 24.8. The summed E-state index contributed by atoms with van der Waals surface area (Å²) in [6.45, 7) is 0.560. The molecule has 1 aliphatic rings. The summed E-state index contributed by atoms with van der Waals surface area (Å²) < 4.78 is 13.5. The lowest BCUT2D eigenvalue weighted by Gasteiger charge is -2.17. The summed E-state index contributed by atoms with van der Waals surface area (Å²) in [6, 6.07) is 13.4. The van der Waals surface area contributed by atoms with Gasteiger partial charge in [-0.05, 0) is 67.2 Å². The number of aromatic nitrogens is 2. The van der Waals surface area contributed by atoms with Gasteiger partial charge >= 0.3 is 6.09 Å². The summed E-state index contributed by atoms with van der Waals surface area (Å²) in [5.74, 6) is 0.0586. The first-order valence-corrected chi connectivity index (χ1v) is 11.8. The minimum Gasteiger partial charge on any atom is -0.465 e. The number of nitrogens with zero attached hydrogens (tertiary/aromatic N) is 3. The molecule has 2 amide bonds. The second kappa shape index (κ2) is 11.4. The summed E-state index contributed by atoms with van der Waals surface area (Å²) in [7, 11) is 1.40. The van der Waals surface area contributed by atoms with Crippen molar-refractivity contribution >= 4 is 29.2 Å². The number of allylic oxidation sites excluding steroid dienone is 2. The lowest BCUT2D eigenvalue weighted by molar-refractivity contribution is 0.0951. The Bertz CT molecular complexity index is 1290. The fourth-order valence-electron chi connectivity index (χ4n) is 4.11. The molecule has 1 aromatic carbocycles. The Morgan fingerprint density at radius 2 is 2.03 bits per heavy atom. The molecule has 2 heterocycles. The minimum atomic E-state index is -1.15. The van der Waals surface area contributed by atoms with Crippen LogP contribution in [0.3, 0.4) is 0 Å². The third-order valence-corrected chi connectivity index (χ3v) is 6.02. The normalized spacial score (nSPS) is 12.7. The van der Waals surface area contributed by atoms with Crippen LogP contribution < -0.4 is 15.5 Å². The third-order valence-electron chi connectivity index (χ3n) is 6.02. The van der Waals surface area contributed by atoms with Crippen molar-refractivity contribution in [2.24, 2.45) is 0 Å². The van der Waals surface area contributed by atoms with Gasteiger partial charge in [0.15, 0.2) is 0 Å². The zero-order valence-electron chi connectivity index (χ0n) is 20.0. The number of hydrogen-bond donors (Lipinski definition) is 3. The average Bonchev–Trinajstić information content (AvgIpc) is 3.42. The molecule has 36 heavy (non-hydrogen) atoms. The average molecular weight is 490 g/mol. The quantitative estimate of drug-likeness (QED) is 0.395. The van der Waals surface area contributed by atoms with Gasteiger partial charge in [0.25, 0.3) is 5.91 Å². The Morgan fingerprint density at radius 3 is 2.78 bits per heavy atom. The van der Waals surface area contributed by atoms with Gasteiger partial charge in [-0.3, -0.25) is 9.69 Å². The lowest BCUT2D eigenvalue weighted by Crippen LogP contribution is -2.29. The van der Waals surface area contributed by atoms with Crippen molar-refractivity contribution in [3.05, 3.63) is 89.0 Å². The van der Waals surface area contributed by atoms with Gasteiger partial charge in [0.2, 0.25) is 0 Å². The molecule has 0 aliphatic heterocycles. The molecule has 9 heteroatoms. The molecule has 4 rings (SSSR count). The molecule has 8 nitrogen and oxygen atoms in total. The van der Waals surface area contributed by atoms with Crippen molar-refractivity contribution in [2.75, 3.05) is 23.8 Å². The van der Waals surface area contributed by atoms with Gasteiger partial charge in [-0.25, -0.2) is 19.2 Å². The van der Waals surface area contributed by atoms with Gasteiger partial charge in [-0.2, -0.15) is 0 Å². The maximum Gasteiger partial charge on any atom is 0.412 e. The molecule has 0 saturated heterocycles. The standard InChI is InChI=1S/C27H28FN5O3/c1-33(27(35)36)25-20(9-5-14-30-25)17-31-26(34)22-11-12-23(19-7-2-3-8-19)32-24(22)29-15-13-18-6-4-10-21(28)16-18/h4-7,9-12,14,16H,2-3,8,13,15,17H2,1H3,(H,29,32)(H,31,34)(H,35,36). The van der Waals surface area contributed by atoms with Gasteiger partial charge in [0.1, 0.15) is 17.5 Å². The topological polar surface area (TPSA) is 107 Å². The van der Waals surface area contributed by atoms with Gasteiger partial charge in [0.05, 0.1) is 11.3 Å². The van der Waals surface area contributed by atoms with Crippen molar-refractivity contribution in [3.8, 4) is 0 Å². The molecule has 2 aromatic heterocycles. The van der Waals surface area contributed by atoms with Gasteiger partial charge < -0.3 is 15.7 Å². The van der Waals surface area contributed by atoms with Crippen molar-refractivity contribution in [3.63, 3.8) is 0 Å². The van der Waals surface area contributed by atoms with E-state index < -0.39 is 6.09 Å². The van der Waals surface area contributed by atoms with Crippen LogP contribution in [0.5, 0.6) is 0 Å². The maximum atomic E-state index is 13.5. The number of amides is 2. The highest BCUT2D eigenvalue weighted by Crippen LogP contribution is 2.28. The molecular weight excluding hydrogens is 461 g/mol. The number of carboxylic acid groups (broad SMARTS) is 1. The van der Waals surface area contributed by atoms with Crippen LogP contribution in [0.1, 0.15) is 46.4 Å². The Kier molecular flexibility index (Phi) is 7.89. The van der Waals surface area contributed by atoms with E-state index in [1.165, 1.54) is 25.4 Å². The van der Waals surface area contributed by atoms with E-state index in [1.807, 2.05) is 12.1 Å². The first-order chi connectivity index (χ1) is 17.4. The van der Waals surface area contributed by atoms with Crippen LogP contribution in [0, 0.1) is 5.82 Å². The second-order valence-electron chi connectivity index (χ2n) is 8.53. The van der Waals surface area contributed by atoms with Crippen LogP contribution in [0.2, 0.25) is 0 Å². The summed E-state index contributed by atoms with van der Waals surface area (Å²) in [5, 5.41) is 15.4. The molecule has 186 valence electrons. The number of carbonyl (C=O) groups is 2. The molecule has 3 aromatic rings. The van der Waals surface area contributed by atoms with Crippen molar-refractivity contribution in [2.45, 2.75) is 32.2 Å². The third kappa shape index (κ3) is 6.04. The number of halogens is 1. The molecular formula is C27H28FN5O3. The first-order valence-electron chi connectivity index (χ1n) is 11.8. The zero-order chi connectivity index (χ0) is 25.5. The highest BCUT2D eigenvalue weighted by Gasteiger charge is 2.18. The molecule has 0 spiro atoms. The number of carbonyl (C=O) groups excluding carboxylic acids is 1. The molecule has 0 atom stereocenters. The summed E-state index contributed by atoms with van der Waals surface area (Å²) in [6.07, 6.45) is 6.13. The molecule has 1 aliphatic carbocycles. The number of pyridine rings is 2. The monoisotopic (exact) mass is 489 g/mol. The van der Waals surface area contributed by atoms with E-state index >= 15 is 0 Å². The molecule has 3 N–H and O–H groups in total. The van der Waals surface area contributed by atoms with Crippen molar-refractivity contribution < 1.29 is 19.1 Å². The van der Waals surface area contributed by atoms with E-state index in [9.17, 15) is 19.1 Å². The number of rotatable bonds is 9. The summed E-state index contributed by atoms with van der Waals surface area (Å²) in [5.41, 5.74) is 3.77. The van der Waals surface area contributed by atoms with Crippen LogP contribution in [0.4, 0.5) is 20.8 Å². The number of benzene rings is 1. The van der Waals surface area contributed by atoms with Gasteiger partial charge in [-0.15, -0.1) is 0 Å². The Labute approximate surface area is 208 Å². The van der Waals surface area contributed by atoms with E-state index in [2.05, 4.69) is 21.7 Å². The number of anilines is 2. The Hall–Kier alpha value is -4.27. The van der Waals surface area contributed by atoms with Crippen LogP contribution in [-0.2, 0) is 13.0 Å². The van der Waals surface area contributed by atoms with Crippen LogP contribution in [0.25, 0.3) is 5.57 Å². The highest BCUT2D eigenvalue weighted by atomic mass is 19.1. The maximum absolute atomic E-state index is 13.5. The SMILES string of the molecule is CN(C(=O)O)c1ncccc1CNC(=O)c1ccc(C2=CCCC2)nc1NCCc1cccc(F)c1. The lowest BCUT2D eigenvalue weighted by atomic mass is 10.1. The largest absolute Gasteiger partial charge is 0.465 e. The van der Waals surface area contributed by atoms with Gasteiger partial charge in [0, 0.05) is 31.9 Å². The van der Waals surface area contributed by atoms with E-state index in [1.54, 1.807) is 24.3 Å². The minimum absolute atomic E-state index is 0.0925. The molecule has 0 fully saturated rings. The fourth-order valence-corrected chi connectivity index (χ4v) is 4.11. The Morgan fingerprint density at radius 1 is 1.17 bits per heavy atom. The van der Waals surface area contributed by atoms with E-state index in [-0.39, 0.29) is 24.1 Å². The molecule has 0 radical (unpaired) electrons. The highest BCUT2D eigenvalue weighted by molar-refractivity contribution is 5.99. The van der Waals surface area contributed by atoms with E-state index in [4.69, 9.17) is 4.98 Å².